The lowest BCUT2D eigenvalue weighted by Gasteiger charge is -2.26. The van der Waals surface area contributed by atoms with E-state index in [0.717, 1.165) is 24.3 Å². The van der Waals surface area contributed by atoms with E-state index < -0.39 is 6.03 Å². The van der Waals surface area contributed by atoms with Crippen molar-refractivity contribution in [1.82, 2.24) is 0 Å². The Kier molecular flexibility index (Phi) is 4.66. The first kappa shape index (κ1) is 14.4. The predicted octanol–water partition coefficient (Wildman–Crippen LogP) is 3.58. The number of primary amides is 1. The van der Waals surface area contributed by atoms with Crippen LogP contribution in [0.5, 0.6) is 0 Å². The van der Waals surface area contributed by atoms with Crippen LogP contribution >= 0.6 is 0 Å². The van der Waals surface area contributed by atoms with Gasteiger partial charge in [-0.05, 0) is 49.8 Å². The second-order valence-electron chi connectivity index (χ2n) is 5.75. The smallest absolute Gasteiger partial charge is 0.316 e. The van der Waals surface area contributed by atoms with Crippen molar-refractivity contribution in [2.24, 2.45) is 17.6 Å². The summed E-state index contributed by atoms with van der Waals surface area (Å²) in [6.45, 7) is 5.43. The Morgan fingerprint density at radius 2 is 2.15 bits per heavy atom. The third-order valence-electron chi connectivity index (χ3n) is 3.61. The highest BCUT2D eigenvalue weighted by Gasteiger charge is 2.17. The second-order valence-corrected chi connectivity index (χ2v) is 5.75. The average molecular weight is 273 g/mol. The molecule has 0 fully saturated rings. The molecule has 0 saturated carbocycles. The highest BCUT2D eigenvalue weighted by molar-refractivity contribution is 5.88. The molecule has 2 atom stereocenters. The quantitative estimate of drug-likeness (QED) is 0.734. The minimum atomic E-state index is -0.538. The second kappa shape index (κ2) is 6.46. The summed E-state index contributed by atoms with van der Waals surface area (Å²) in [6.07, 6.45) is 4.76. The summed E-state index contributed by atoms with van der Waals surface area (Å²) in [5.41, 5.74) is 8.33. The average Bonchev–Trinajstić information content (AvgIpc) is 2.35. The van der Waals surface area contributed by atoms with E-state index >= 15 is 0 Å². The van der Waals surface area contributed by atoms with Crippen molar-refractivity contribution < 1.29 is 4.79 Å². The zero-order valence-electron chi connectivity index (χ0n) is 12.1. The summed E-state index contributed by atoms with van der Waals surface area (Å²) in [7, 11) is 0. The fourth-order valence-corrected chi connectivity index (χ4v) is 2.95. The molecular formula is C16H23N3O. The topological polar surface area (TPSA) is 67.2 Å². The number of rotatable bonds is 4. The predicted molar refractivity (Wildman–Crippen MR) is 83.8 cm³/mol. The van der Waals surface area contributed by atoms with Crippen LogP contribution in [0.3, 0.4) is 0 Å². The van der Waals surface area contributed by atoms with Crippen molar-refractivity contribution in [2.45, 2.75) is 26.7 Å². The number of hydrogen-bond acceptors (Lipinski definition) is 2. The van der Waals surface area contributed by atoms with Crippen molar-refractivity contribution in [1.29, 1.82) is 0 Å². The summed E-state index contributed by atoms with van der Waals surface area (Å²) in [5.74, 6) is 1.33. The molecule has 1 aromatic rings. The Labute approximate surface area is 120 Å². The summed E-state index contributed by atoms with van der Waals surface area (Å²) >= 11 is 0. The number of urea groups is 1. The van der Waals surface area contributed by atoms with E-state index in [2.05, 4.69) is 30.6 Å². The molecule has 0 spiro atoms. The van der Waals surface area contributed by atoms with Gasteiger partial charge in [0, 0.05) is 17.9 Å². The summed E-state index contributed by atoms with van der Waals surface area (Å²) in [4.78, 5) is 10.8. The zero-order valence-corrected chi connectivity index (χ0v) is 12.1. The SMILES string of the molecule is CC1=CC(C)CC(CNc2cccc(NC(N)=O)c2)C1. The van der Waals surface area contributed by atoms with Gasteiger partial charge in [-0.1, -0.05) is 24.6 Å². The van der Waals surface area contributed by atoms with Gasteiger partial charge in [0.2, 0.25) is 0 Å². The van der Waals surface area contributed by atoms with Gasteiger partial charge in [0.25, 0.3) is 0 Å². The number of benzene rings is 1. The minimum absolute atomic E-state index is 0.538. The van der Waals surface area contributed by atoms with Crippen molar-refractivity contribution in [3.8, 4) is 0 Å². The molecule has 20 heavy (non-hydrogen) atoms. The molecule has 2 unspecified atom stereocenters. The molecule has 0 aliphatic heterocycles. The molecule has 108 valence electrons. The molecule has 4 N–H and O–H groups in total. The number of nitrogens with one attached hydrogen (secondary N) is 2. The molecular weight excluding hydrogens is 250 g/mol. The van der Waals surface area contributed by atoms with Gasteiger partial charge in [-0.15, -0.1) is 0 Å². The van der Waals surface area contributed by atoms with Crippen LogP contribution in [0.2, 0.25) is 0 Å². The Balaban J connectivity index is 1.91. The number of amides is 2. The van der Waals surface area contributed by atoms with E-state index in [1.165, 1.54) is 12.0 Å². The molecule has 0 aromatic heterocycles. The number of nitrogens with two attached hydrogens (primary N) is 1. The Bertz CT molecular complexity index is 510. The minimum Gasteiger partial charge on any atom is -0.385 e. The van der Waals surface area contributed by atoms with E-state index in [0.29, 0.717) is 11.8 Å². The summed E-state index contributed by atoms with van der Waals surface area (Å²) in [6, 6.07) is 7.10. The number of allylic oxidation sites excluding steroid dienone is 2. The van der Waals surface area contributed by atoms with Gasteiger partial charge in [0.1, 0.15) is 0 Å². The molecule has 0 bridgehead atoms. The van der Waals surface area contributed by atoms with Gasteiger partial charge in [-0.3, -0.25) is 0 Å². The molecule has 4 nitrogen and oxygen atoms in total. The summed E-state index contributed by atoms with van der Waals surface area (Å²) < 4.78 is 0. The maximum atomic E-state index is 10.8. The van der Waals surface area contributed by atoms with Crippen molar-refractivity contribution >= 4 is 17.4 Å². The lowest BCUT2D eigenvalue weighted by Crippen LogP contribution is -2.21. The molecule has 2 rings (SSSR count). The number of carbonyl (C=O) groups excluding carboxylic acids is 1. The Morgan fingerprint density at radius 1 is 1.40 bits per heavy atom. The number of anilines is 2. The van der Waals surface area contributed by atoms with Crippen LogP contribution < -0.4 is 16.4 Å². The van der Waals surface area contributed by atoms with Crippen LogP contribution in [0.1, 0.15) is 26.7 Å². The lowest BCUT2D eigenvalue weighted by molar-refractivity contribution is 0.259. The highest BCUT2D eigenvalue weighted by atomic mass is 16.2. The first-order valence-corrected chi connectivity index (χ1v) is 7.10. The van der Waals surface area contributed by atoms with Crippen LogP contribution in [0.25, 0.3) is 0 Å². The van der Waals surface area contributed by atoms with Gasteiger partial charge in [-0.2, -0.15) is 0 Å². The Morgan fingerprint density at radius 3 is 2.85 bits per heavy atom. The van der Waals surface area contributed by atoms with Crippen molar-refractivity contribution in [3.05, 3.63) is 35.9 Å². The first-order chi connectivity index (χ1) is 9.52. The standard InChI is InChI=1S/C16H23N3O/c1-11-6-12(2)8-13(7-11)10-18-14-4-3-5-15(9-14)19-16(17)20/h3-6,9,11,13,18H,7-8,10H2,1-2H3,(H3,17,19,20). The fourth-order valence-electron chi connectivity index (χ4n) is 2.95. The normalized spacial score (nSPS) is 22.0. The summed E-state index contributed by atoms with van der Waals surface area (Å²) in [5, 5.41) is 6.04. The third kappa shape index (κ3) is 4.30. The number of hydrogen-bond donors (Lipinski definition) is 3. The maximum Gasteiger partial charge on any atom is 0.316 e. The van der Waals surface area contributed by atoms with E-state index in [1.807, 2.05) is 24.3 Å². The zero-order chi connectivity index (χ0) is 14.5. The van der Waals surface area contributed by atoms with E-state index in [1.54, 1.807) is 0 Å². The molecule has 4 heteroatoms. The number of carbonyl (C=O) groups is 1. The maximum absolute atomic E-state index is 10.8. The molecule has 0 heterocycles. The van der Waals surface area contributed by atoms with Crippen LogP contribution in [-0.2, 0) is 0 Å². The van der Waals surface area contributed by atoms with Gasteiger partial charge >= 0.3 is 6.03 Å². The fraction of sp³-hybridized carbons (Fsp3) is 0.438. The van der Waals surface area contributed by atoms with E-state index in [-0.39, 0.29) is 0 Å². The lowest BCUT2D eigenvalue weighted by atomic mass is 9.84. The van der Waals surface area contributed by atoms with Gasteiger partial charge in [-0.25, -0.2) is 4.79 Å². The van der Waals surface area contributed by atoms with Crippen LogP contribution in [-0.4, -0.2) is 12.6 Å². The highest BCUT2D eigenvalue weighted by Crippen LogP contribution is 2.28. The van der Waals surface area contributed by atoms with Gasteiger partial charge < -0.3 is 16.4 Å². The first-order valence-electron chi connectivity index (χ1n) is 7.10. The largest absolute Gasteiger partial charge is 0.385 e. The van der Waals surface area contributed by atoms with E-state index in [4.69, 9.17) is 5.73 Å². The molecule has 0 saturated heterocycles. The molecule has 0 radical (unpaired) electrons. The third-order valence-corrected chi connectivity index (χ3v) is 3.61. The van der Waals surface area contributed by atoms with Crippen LogP contribution in [0.15, 0.2) is 35.9 Å². The van der Waals surface area contributed by atoms with Crippen molar-refractivity contribution in [3.63, 3.8) is 0 Å². The van der Waals surface area contributed by atoms with Crippen LogP contribution in [0.4, 0.5) is 16.2 Å². The molecule has 1 aliphatic rings. The molecule has 1 aromatic carbocycles. The van der Waals surface area contributed by atoms with Crippen molar-refractivity contribution in [2.75, 3.05) is 17.2 Å². The van der Waals surface area contributed by atoms with Crippen LogP contribution in [0, 0.1) is 11.8 Å². The Hall–Kier alpha value is -1.97. The van der Waals surface area contributed by atoms with E-state index in [9.17, 15) is 4.79 Å². The monoisotopic (exact) mass is 273 g/mol. The molecule has 2 amide bonds. The van der Waals surface area contributed by atoms with Gasteiger partial charge in [0.15, 0.2) is 0 Å². The van der Waals surface area contributed by atoms with Gasteiger partial charge in [0.05, 0.1) is 0 Å². The molecule has 1 aliphatic carbocycles.